The van der Waals surface area contributed by atoms with Crippen molar-refractivity contribution in [1.29, 1.82) is 0 Å². The van der Waals surface area contributed by atoms with Crippen LogP contribution in [0.15, 0.2) is 12.1 Å². The Morgan fingerprint density at radius 2 is 2.07 bits per heavy atom. The maximum atomic E-state index is 13.4. The van der Waals surface area contributed by atoms with Gasteiger partial charge in [-0.15, -0.1) is 11.3 Å². The molecule has 4 nitrogen and oxygen atoms in total. The zero-order valence-electron chi connectivity index (χ0n) is 15.6. The summed E-state index contributed by atoms with van der Waals surface area (Å²) in [4.78, 5) is 13.6. The average Bonchev–Trinajstić information content (AvgIpc) is 3.20. The molecule has 28 heavy (non-hydrogen) atoms. The molecule has 0 aliphatic heterocycles. The van der Waals surface area contributed by atoms with Gasteiger partial charge in [-0.3, -0.25) is 9.48 Å². The number of rotatable bonds is 5. The lowest BCUT2D eigenvalue weighted by Gasteiger charge is -2.28. The van der Waals surface area contributed by atoms with Crippen LogP contribution in [-0.2, 0) is 11.8 Å². The number of aromatic nitrogens is 2. The second kappa shape index (κ2) is 6.76. The predicted octanol–water partition coefficient (Wildman–Crippen LogP) is 5.99. The normalized spacial score (nSPS) is 19.9. The molecule has 0 bridgehead atoms. The SMILES string of the molecule is C[C@@H](C(=O)Nc1nn(C)c(-c2ccc(Cl)s2)c1C1CCC1)C1(C(F)(F)F)CC1. The number of nitrogens with one attached hydrogen (secondary N) is 1. The average molecular weight is 432 g/mol. The van der Waals surface area contributed by atoms with Crippen molar-refractivity contribution < 1.29 is 18.0 Å². The van der Waals surface area contributed by atoms with Gasteiger partial charge in [0.05, 0.1) is 20.3 Å². The molecule has 2 fully saturated rings. The van der Waals surface area contributed by atoms with Gasteiger partial charge in [-0.25, -0.2) is 0 Å². The number of hydrogen-bond donors (Lipinski definition) is 1. The first-order chi connectivity index (χ1) is 13.1. The number of carbonyl (C=O) groups excluding carboxylic acids is 1. The summed E-state index contributed by atoms with van der Waals surface area (Å²) < 4.78 is 42.5. The summed E-state index contributed by atoms with van der Waals surface area (Å²) in [5, 5.41) is 7.17. The number of aryl methyl sites for hydroxylation is 1. The highest BCUT2D eigenvalue weighted by Crippen LogP contribution is 2.62. The zero-order valence-corrected chi connectivity index (χ0v) is 17.1. The Hall–Kier alpha value is -1.54. The summed E-state index contributed by atoms with van der Waals surface area (Å²) in [6.45, 7) is 1.36. The summed E-state index contributed by atoms with van der Waals surface area (Å²) in [7, 11) is 1.78. The number of amides is 1. The van der Waals surface area contributed by atoms with Gasteiger partial charge in [0.15, 0.2) is 5.82 Å². The summed E-state index contributed by atoms with van der Waals surface area (Å²) in [6.07, 6.45) is -1.33. The number of halogens is 4. The summed E-state index contributed by atoms with van der Waals surface area (Å²) in [6, 6.07) is 3.71. The van der Waals surface area contributed by atoms with Crippen LogP contribution < -0.4 is 5.32 Å². The first kappa shape index (κ1) is 19.8. The molecule has 2 aliphatic rings. The summed E-state index contributed by atoms with van der Waals surface area (Å²) >= 11 is 7.51. The van der Waals surface area contributed by atoms with Crippen LogP contribution in [0.25, 0.3) is 10.6 Å². The van der Waals surface area contributed by atoms with Gasteiger partial charge in [0.1, 0.15) is 0 Å². The van der Waals surface area contributed by atoms with E-state index < -0.39 is 23.4 Å². The third-order valence-corrected chi connectivity index (χ3v) is 7.46. The number of anilines is 1. The molecule has 4 rings (SSSR count). The van der Waals surface area contributed by atoms with Crippen LogP contribution in [0, 0.1) is 11.3 Å². The lowest BCUT2D eigenvalue weighted by atomic mass is 9.79. The van der Waals surface area contributed by atoms with Crippen molar-refractivity contribution in [3.8, 4) is 10.6 Å². The van der Waals surface area contributed by atoms with Crippen LogP contribution in [0.3, 0.4) is 0 Å². The zero-order chi connectivity index (χ0) is 20.3. The molecule has 9 heteroatoms. The standard InChI is InChI=1S/C19H21ClF3N3OS/c1-10(18(8-9-18)19(21,22)23)17(27)24-16-14(11-4-3-5-11)15(26(2)25-16)12-6-7-13(20)28-12/h6-7,10-11H,3-5,8-9H2,1-2H3,(H,24,25,27)/t10-/m0/s1. The molecule has 0 spiro atoms. The Balaban J connectivity index is 1.66. The van der Waals surface area contributed by atoms with Crippen LogP contribution in [0.5, 0.6) is 0 Å². The molecule has 0 radical (unpaired) electrons. The maximum absolute atomic E-state index is 13.4. The van der Waals surface area contributed by atoms with Crippen LogP contribution in [0.4, 0.5) is 19.0 Å². The highest BCUT2D eigenvalue weighted by Gasteiger charge is 2.67. The fourth-order valence-corrected chi connectivity index (χ4v) is 5.16. The van der Waals surface area contributed by atoms with Crippen LogP contribution >= 0.6 is 22.9 Å². The second-order valence-corrected chi connectivity index (χ2v) is 9.55. The Bertz CT molecular complexity index is 912. The fourth-order valence-electron chi connectivity index (χ4n) is 4.02. The minimum absolute atomic E-state index is 0.00172. The Labute approximate surface area is 170 Å². The Morgan fingerprint density at radius 1 is 1.39 bits per heavy atom. The fraction of sp³-hybridized carbons (Fsp3) is 0.579. The van der Waals surface area contributed by atoms with E-state index in [4.69, 9.17) is 11.6 Å². The molecule has 0 aromatic carbocycles. The van der Waals surface area contributed by atoms with E-state index in [2.05, 4.69) is 10.4 Å². The molecular weight excluding hydrogens is 411 g/mol. The largest absolute Gasteiger partial charge is 0.395 e. The van der Waals surface area contributed by atoms with Gasteiger partial charge in [0.2, 0.25) is 5.91 Å². The highest BCUT2D eigenvalue weighted by molar-refractivity contribution is 7.19. The van der Waals surface area contributed by atoms with Crippen molar-refractivity contribution >= 4 is 34.7 Å². The van der Waals surface area contributed by atoms with Gasteiger partial charge in [-0.1, -0.05) is 24.9 Å². The molecule has 0 saturated heterocycles. The Kier molecular flexibility index (Phi) is 4.77. The van der Waals surface area contributed by atoms with Crippen LogP contribution in [0.2, 0.25) is 4.34 Å². The minimum Gasteiger partial charge on any atom is -0.309 e. The van der Waals surface area contributed by atoms with Crippen molar-refractivity contribution in [2.24, 2.45) is 18.4 Å². The number of thiophene rings is 1. The molecule has 2 heterocycles. The third-order valence-electron chi connectivity index (χ3n) is 6.22. The van der Waals surface area contributed by atoms with Gasteiger partial charge in [0, 0.05) is 18.5 Å². The predicted molar refractivity (Wildman–Crippen MR) is 104 cm³/mol. The topological polar surface area (TPSA) is 46.9 Å². The molecule has 2 saturated carbocycles. The lowest BCUT2D eigenvalue weighted by molar-refractivity contribution is -0.201. The molecule has 152 valence electrons. The summed E-state index contributed by atoms with van der Waals surface area (Å²) in [5.74, 6) is -1.15. The van der Waals surface area contributed by atoms with E-state index in [1.165, 1.54) is 18.3 Å². The van der Waals surface area contributed by atoms with E-state index in [9.17, 15) is 18.0 Å². The molecule has 1 atom stereocenters. The molecule has 2 aromatic rings. The number of carbonyl (C=O) groups is 1. The van der Waals surface area contributed by atoms with Gasteiger partial charge < -0.3 is 5.32 Å². The van der Waals surface area contributed by atoms with Gasteiger partial charge in [-0.05, 0) is 43.7 Å². The van der Waals surface area contributed by atoms with Gasteiger partial charge in [0.25, 0.3) is 0 Å². The summed E-state index contributed by atoms with van der Waals surface area (Å²) in [5.41, 5.74) is -0.113. The van der Waals surface area contributed by atoms with Gasteiger partial charge in [-0.2, -0.15) is 18.3 Å². The quantitative estimate of drug-likeness (QED) is 0.632. The number of hydrogen-bond acceptors (Lipinski definition) is 3. The molecule has 1 amide bonds. The lowest BCUT2D eigenvalue weighted by Crippen LogP contribution is -2.38. The highest BCUT2D eigenvalue weighted by atomic mass is 35.5. The van der Waals surface area contributed by atoms with E-state index in [0.717, 1.165) is 35.4 Å². The second-order valence-electron chi connectivity index (χ2n) is 7.83. The smallest absolute Gasteiger partial charge is 0.309 e. The monoisotopic (exact) mass is 431 g/mol. The van der Waals surface area contributed by atoms with Crippen molar-refractivity contribution in [3.05, 3.63) is 22.0 Å². The van der Waals surface area contributed by atoms with Gasteiger partial charge >= 0.3 is 6.18 Å². The molecular formula is C19H21ClF3N3OS. The maximum Gasteiger partial charge on any atom is 0.395 e. The van der Waals surface area contributed by atoms with E-state index in [-0.39, 0.29) is 18.8 Å². The van der Waals surface area contributed by atoms with Crippen molar-refractivity contribution in [1.82, 2.24) is 9.78 Å². The first-order valence-electron chi connectivity index (χ1n) is 9.34. The first-order valence-corrected chi connectivity index (χ1v) is 10.5. The van der Waals surface area contributed by atoms with E-state index in [1.54, 1.807) is 17.8 Å². The Morgan fingerprint density at radius 3 is 2.54 bits per heavy atom. The molecule has 2 aromatic heterocycles. The van der Waals surface area contributed by atoms with E-state index in [1.807, 2.05) is 6.07 Å². The molecule has 2 aliphatic carbocycles. The van der Waals surface area contributed by atoms with Crippen molar-refractivity contribution in [2.45, 2.75) is 51.1 Å². The van der Waals surface area contributed by atoms with E-state index in [0.29, 0.717) is 10.2 Å². The van der Waals surface area contributed by atoms with Crippen LogP contribution in [-0.4, -0.2) is 21.9 Å². The number of nitrogens with zero attached hydrogens (tertiary/aromatic N) is 2. The minimum atomic E-state index is -4.37. The van der Waals surface area contributed by atoms with Crippen LogP contribution in [0.1, 0.15) is 50.5 Å². The van der Waals surface area contributed by atoms with E-state index >= 15 is 0 Å². The third kappa shape index (κ3) is 3.14. The van der Waals surface area contributed by atoms with Crippen molar-refractivity contribution in [3.63, 3.8) is 0 Å². The molecule has 0 unspecified atom stereocenters. The van der Waals surface area contributed by atoms with Crippen molar-refractivity contribution in [2.75, 3.05) is 5.32 Å². The number of alkyl halides is 3. The molecule has 1 N–H and O–H groups in total.